The molecule has 0 saturated carbocycles. The van der Waals surface area contributed by atoms with E-state index < -0.39 is 0 Å². The van der Waals surface area contributed by atoms with Crippen molar-refractivity contribution in [2.24, 2.45) is 5.92 Å². The number of hydrogen-bond donors (Lipinski definition) is 0. The van der Waals surface area contributed by atoms with E-state index in [9.17, 15) is 4.39 Å². The Kier molecular flexibility index (Phi) is 9.79. The first-order valence-electron chi connectivity index (χ1n) is 10.5. The van der Waals surface area contributed by atoms with Gasteiger partial charge in [-0.15, -0.1) is 0 Å². The molecule has 1 aliphatic heterocycles. The van der Waals surface area contributed by atoms with Crippen molar-refractivity contribution in [2.45, 2.75) is 51.9 Å². The highest BCUT2D eigenvalue weighted by molar-refractivity contribution is 5.22. The van der Waals surface area contributed by atoms with Gasteiger partial charge in [0.1, 0.15) is 5.82 Å². The number of halogens is 1. The van der Waals surface area contributed by atoms with Crippen LogP contribution in [0.4, 0.5) is 4.39 Å². The molecule has 2 unspecified atom stereocenters. The molecule has 0 bridgehead atoms. The van der Waals surface area contributed by atoms with Crippen LogP contribution in [0.3, 0.4) is 0 Å². The molecular weight excluding hydrogens is 337 g/mol. The van der Waals surface area contributed by atoms with Gasteiger partial charge in [0, 0.05) is 19.0 Å². The Morgan fingerprint density at radius 2 is 1.85 bits per heavy atom. The summed E-state index contributed by atoms with van der Waals surface area (Å²) in [6.45, 7) is 7.88. The lowest BCUT2D eigenvalue weighted by Gasteiger charge is -2.32. The summed E-state index contributed by atoms with van der Waals surface area (Å²) in [7, 11) is 2.20. The minimum absolute atomic E-state index is 0.170. The maximum Gasteiger partial charge on any atom is 0.123 e. The number of hydrogen-bond acceptors (Lipinski definition) is 2. The fourth-order valence-corrected chi connectivity index (χ4v) is 3.77. The van der Waals surface area contributed by atoms with Gasteiger partial charge in [0.25, 0.3) is 0 Å². The van der Waals surface area contributed by atoms with E-state index in [1.807, 2.05) is 12.1 Å². The largest absolute Gasteiger partial charge is 0.380 e. The van der Waals surface area contributed by atoms with Gasteiger partial charge in [-0.05, 0) is 61.9 Å². The van der Waals surface area contributed by atoms with Gasteiger partial charge in [-0.2, -0.15) is 0 Å². The fraction of sp³-hybridized carbons (Fsp3) is 0.583. The van der Waals surface area contributed by atoms with Gasteiger partial charge in [0.2, 0.25) is 0 Å². The van der Waals surface area contributed by atoms with Gasteiger partial charge in [-0.25, -0.2) is 4.39 Å². The third-order valence-corrected chi connectivity index (χ3v) is 4.97. The van der Waals surface area contributed by atoms with Gasteiger partial charge >= 0.3 is 0 Å². The first kappa shape index (κ1) is 21.8. The summed E-state index contributed by atoms with van der Waals surface area (Å²) < 4.78 is 18.9. The first-order valence-corrected chi connectivity index (χ1v) is 10.5. The maximum absolute atomic E-state index is 13.1. The molecule has 150 valence electrons. The summed E-state index contributed by atoms with van der Waals surface area (Å²) in [4.78, 5) is 2.41. The fourth-order valence-electron chi connectivity index (χ4n) is 3.77. The summed E-state index contributed by atoms with van der Waals surface area (Å²) in [5.41, 5.74) is 2.62. The van der Waals surface area contributed by atoms with Crippen LogP contribution in [-0.2, 0) is 4.74 Å². The van der Waals surface area contributed by atoms with Crippen molar-refractivity contribution in [3.8, 4) is 0 Å². The van der Waals surface area contributed by atoms with Crippen molar-refractivity contribution in [1.29, 1.82) is 0 Å². The van der Waals surface area contributed by atoms with Gasteiger partial charge in [-0.3, -0.25) is 0 Å². The van der Waals surface area contributed by atoms with E-state index in [1.54, 1.807) is 12.1 Å². The second kappa shape index (κ2) is 12.1. The molecule has 1 fully saturated rings. The lowest BCUT2D eigenvalue weighted by molar-refractivity contribution is 0.0286. The van der Waals surface area contributed by atoms with E-state index in [4.69, 9.17) is 4.74 Å². The number of nitrogens with zero attached hydrogens (tertiary/aromatic N) is 1. The molecule has 27 heavy (non-hydrogen) atoms. The summed E-state index contributed by atoms with van der Waals surface area (Å²) in [5.74, 6) is 0.750. The Labute approximate surface area is 165 Å². The monoisotopic (exact) mass is 373 g/mol. The smallest absolute Gasteiger partial charge is 0.123 e. The second-order valence-electron chi connectivity index (χ2n) is 7.90. The lowest BCUT2D eigenvalue weighted by atomic mass is 9.87. The quantitative estimate of drug-likeness (QED) is 0.631. The van der Waals surface area contributed by atoms with E-state index >= 15 is 0 Å². The molecule has 1 aromatic carbocycles. The van der Waals surface area contributed by atoms with Crippen molar-refractivity contribution in [3.63, 3.8) is 0 Å². The van der Waals surface area contributed by atoms with Crippen molar-refractivity contribution in [3.05, 3.63) is 59.4 Å². The average Bonchev–Trinajstić information content (AvgIpc) is 2.92. The molecule has 1 aliphatic carbocycles. The van der Waals surface area contributed by atoms with Crippen molar-refractivity contribution < 1.29 is 9.13 Å². The minimum Gasteiger partial charge on any atom is -0.380 e. The normalized spacial score (nSPS) is 22.6. The predicted octanol–water partition coefficient (Wildman–Crippen LogP) is 5.96. The zero-order valence-corrected chi connectivity index (χ0v) is 17.3. The summed E-state index contributed by atoms with van der Waals surface area (Å²) in [6, 6.07) is 6.90. The predicted molar refractivity (Wildman–Crippen MR) is 113 cm³/mol. The summed E-state index contributed by atoms with van der Waals surface area (Å²) in [5, 5.41) is 0. The van der Waals surface area contributed by atoms with Crippen molar-refractivity contribution in [1.82, 2.24) is 4.90 Å². The van der Waals surface area contributed by atoms with Crippen molar-refractivity contribution >= 4 is 0 Å². The Bertz CT molecular complexity index is 593. The van der Waals surface area contributed by atoms with Crippen LogP contribution < -0.4 is 0 Å². The Morgan fingerprint density at radius 1 is 1.11 bits per heavy atom. The van der Waals surface area contributed by atoms with Gasteiger partial charge in [0.15, 0.2) is 0 Å². The highest BCUT2D eigenvalue weighted by Crippen LogP contribution is 2.29. The summed E-state index contributed by atoms with van der Waals surface area (Å²) >= 11 is 0. The third kappa shape index (κ3) is 7.98. The molecular formula is C24H36FNO. The van der Waals surface area contributed by atoms with E-state index in [-0.39, 0.29) is 5.82 Å². The zero-order valence-electron chi connectivity index (χ0n) is 17.3. The highest BCUT2D eigenvalue weighted by Gasteiger charge is 2.25. The number of rotatable bonds is 5. The Morgan fingerprint density at radius 3 is 2.59 bits per heavy atom. The van der Waals surface area contributed by atoms with Gasteiger partial charge < -0.3 is 9.64 Å². The molecule has 0 N–H and O–H groups in total. The number of likely N-dealkylation sites (N-methyl/N-ethyl adjacent to an activating group) is 1. The Hall–Kier alpha value is -1.45. The maximum atomic E-state index is 13.1. The van der Waals surface area contributed by atoms with Crippen LogP contribution in [0.1, 0.15) is 57.4 Å². The molecule has 0 spiro atoms. The molecule has 0 aromatic heterocycles. The molecule has 2 aliphatic rings. The van der Waals surface area contributed by atoms with Gasteiger partial charge in [-0.1, -0.05) is 50.6 Å². The van der Waals surface area contributed by atoms with Crippen LogP contribution in [0, 0.1) is 11.7 Å². The Balaban J connectivity index is 0.000000817. The molecule has 2 atom stereocenters. The number of ether oxygens (including phenoxy) is 1. The number of benzene rings is 1. The van der Waals surface area contributed by atoms with Crippen LogP contribution in [0.25, 0.3) is 0 Å². The second-order valence-corrected chi connectivity index (χ2v) is 7.90. The molecule has 0 radical (unpaired) electrons. The van der Waals surface area contributed by atoms with E-state index in [2.05, 4.69) is 44.0 Å². The minimum atomic E-state index is -0.170. The van der Waals surface area contributed by atoms with Crippen LogP contribution in [-0.4, -0.2) is 38.3 Å². The molecule has 3 heteroatoms. The van der Waals surface area contributed by atoms with Crippen LogP contribution in [0.5, 0.6) is 0 Å². The number of allylic oxidation sites excluding steroid dienone is 2. The van der Waals surface area contributed by atoms with E-state index in [1.165, 1.54) is 36.8 Å². The molecule has 1 heterocycles. The van der Waals surface area contributed by atoms with Crippen LogP contribution >= 0.6 is 0 Å². The van der Waals surface area contributed by atoms with E-state index in [0.29, 0.717) is 11.8 Å². The SMILES string of the molecule is CCC.CN(CC1=CCCCC=C1)CC1COCC(c2ccc(F)cc2)C1. The van der Waals surface area contributed by atoms with Gasteiger partial charge in [0.05, 0.1) is 13.2 Å². The molecule has 1 saturated heterocycles. The van der Waals surface area contributed by atoms with E-state index in [0.717, 1.165) is 32.7 Å². The molecule has 0 amide bonds. The molecule has 3 rings (SSSR count). The third-order valence-electron chi connectivity index (χ3n) is 4.97. The topological polar surface area (TPSA) is 12.5 Å². The first-order chi connectivity index (χ1) is 13.1. The average molecular weight is 374 g/mol. The lowest BCUT2D eigenvalue weighted by Crippen LogP contribution is -2.34. The van der Waals surface area contributed by atoms with Crippen LogP contribution in [0.2, 0.25) is 0 Å². The molecule has 1 aromatic rings. The summed E-state index contributed by atoms with van der Waals surface area (Å²) in [6.07, 6.45) is 13.0. The van der Waals surface area contributed by atoms with Crippen molar-refractivity contribution in [2.75, 3.05) is 33.4 Å². The molecule has 2 nitrogen and oxygen atoms in total. The van der Waals surface area contributed by atoms with Crippen LogP contribution in [0.15, 0.2) is 48.1 Å². The standard InChI is InChI=1S/C21H28FNO.C3H8/c1-23(13-17-6-4-2-3-5-7-17)14-18-12-20(16-24-15-18)19-8-10-21(22)11-9-19;1-3-2/h4,6-11,18,20H,2-3,5,12-16H2,1H3;3H2,1-2H3. The zero-order chi connectivity index (χ0) is 19.5. The highest BCUT2D eigenvalue weighted by atomic mass is 19.1.